The fourth-order valence-electron chi connectivity index (χ4n) is 3.30. The SMILES string of the molecule is C/C1=C\CCC2=C[C@H](OC2=O)C(C)(C)CCC12OCCO2. The lowest BCUT2D eigenvalue weighted by Crippen LogP contribution is -2.36. The third-order valence-corrected chi connectivity index (χ3v) is 4.94. The molecule has 0 saturated carbocycles. The maximum Gasteiger partial charge on any atom is 0.334 e. The Labute approximate surface area is 126 Å². The second-order valence-corrected chi connectivity index (χ2v) is 6.88. The number of rotatable bonds is 0. The molecule has 0 unspecified atom stereocenters. The predicted molar refractivity (Wildman–Crippen MR) is 78.6 cm³/mol. The molecule has 0 aromatic rings. The topological polar surface area (TPSA) is 44.8 Å². The average molecular weight is 292 g/mol. The molecule has 1 aliphatic carbocycles. The molecule has 2 aliphatic heterocycles. The van der Waals surface area contributed by atoms with Gasteiger partial charge < -0.3 is 14.2 Å². The molecule has 0 aromatic heterocycles. The Morgan fingerprint density at radius 1 is 1.19 bits per heavy atom. The van der Waals surface area contributed by atoms with E-state index < -0.39 is 5.79 Å². The third-order valence-electron chi connectivity index (χ3n) is 4.94. The Balaban J connectivity index is 1.90. The van der Waals surface area contributed by atoms with E-state index in [-0.39, 0.29) is 17.5 Å². The molecular weight excluding hydrogens is 268 g/mol. The molecule has 2 heterocycles. The summed E-state index contributed by atoms with van der Waals surface area (Å²) in [5.74, 6) is -0.724. The zero-order valence-electron chi connectivity index (χ0n) is 13.1. The van der Waals surface area contributed by atoms with Gasteiger partial charge in [-0.15, -0.1) is 0 Å². The Morgan fingerprint density at radius 3 is 2.62 bits per heavy atom. The van der Waals surface area contributed by atoms with Crippen molar-refractivity contribution in [3.63, 3.8) is 0 Å². The van der Waals surface area contributed by atoms with Crippen LogP contribution < -0.4 is 0 Å². The number of allylic oxidation sites excluding steroid dienone is 1. The Morgan fingerprint density at radius 2 is 1.90 bits per heavy atom. The van der Waals surface area contributed by atoms with Gasteiger partial charge in [-0.1, -0.05) is 19.9 Å². The largest absolute Gasteiger partial charge is 0.454 e. The number of carbonyl (C=O) groups is 1. The minimum atomic E-state index is -0.574. The summed E-state index contributed by atoms with van der Waals surface area (Å²) in [5.41, 5.74) is 1.81. The van der Waals surface area contributed by atoms with Crippen molar-refractivity contribution in [1.29, 1.82) is 0 Å². The van der Waals surface area contributed by atoms with Crippen molar-refractivity contribution >= 4 is 5.97 Å². The summed E-state index contributed by atoms with van der Waals surface area (Å²) in [6.45, 7) is 7.65. The molecule has 0 N–H and O–H groups in total. The molecule has 0 radical (unpaired) electrons. The van der Waals surface area contributed by atoms with Crippen LogP contribution in [0.25, 0.3) is 0 Å². The van der Waals surface area contributed by atoms with Crippen molar-refractivity contribution in [2.75, 3.05) is 13.2 Å². The predicted octanol–water partition coefficient (Wildman–Crippen LogP) is 3.13. The van der Waals surface area contributed by atoms with Crippen LogP contribution >= 0.6 is 0 Å². The molecule has 4 nitrogen and oxygen atoms in total. The van der Waals surface area contributed by atoms with E-state index in [0.717, 1.165) is 36.8 Å². The number of esters is 1. The fourth-order valence-corrected chi connectivity index (χ4v) is 3.30. The first-order valence-corrected chi connectivity index (χ1v) is 7.80. The van der Waals surface area contributed by atoms with E-state index in [1.807, 2.05) is 6.08 Å². The minimum absolute atomic E-state index is 0.121. The maximum atomic E-state index is 11.9. The van der Waals surface area contributed by atoms with Crippen molar-refractivity contribution in [2.45, 2.75) is 58.3 Å². The summed E-state index contributed by atoms with van der Waals surface area (Å²) in [5, 5.41) is 0. The monoisotopic (exact) mass is 292 g/mol. The molecule has 3 rings (SSSR count). The molecule has 1 atom stereocenters. The van der Waals surface area contributed by atoms with E-state index in [2.05, 4.69) is 26.8 Å². The molecule has 3 aliphatic rings. The van der Waals surface area contributed by atoms with Crippen LogP contribution in [-0.4, -0.2) is 31.1 Å². The average Bonchev–Trinajstić information content (AvgIpc) is 3.04. The van der Waals surface area contributed by atoms with Gasteiger partial charge >= 0.3 is 5.97 Å². The van der Waals surface area contributed by atoms with Gasteiger partial charge in [0.2, 0.25) is 0 Å². The van der Waals surface area contributed by atoms with Crippen molar-refractivity contribution < 1.29 is 19.0 Å². The van der Waals surface area contributed by atoms with E-state index in [9.17, 15) is 4.79 Å². The number of hydrogen-bond donors (Lipinski definition) is 0. The Hall–Kier alpha value is -1.13. The lowest BCUT2D eigenvalue weighted by molar-refractivity contribution is -0.149. The van der Waals surface area contributed by atoms with Crippen LogP contribution in [0.3, 0.4) is 0 Å². The number of carbonyl (C=O) groups excluding carboxylic acids is 1. The first-order chi connectivity index (χ1) is 9.93. The van der Waals surface area contributed by atoms with Crippen LogP contribution in [0.4, 0.5) is 0 Å². The van der Waals surface area contributed by atoms with Crippen LogP contribution in [0.15, 0.2) is 23.3 Å². The molecular formula is C17H24O4. The fraction of sp³-hybridized carbons (Fsp3) is 0.706. The second kappa shape index (κ2) is 5.25. The first-order valence-electron chi connectivity index (χ1n) is 7.80. The van der Waals surface area contributed by atoms with E-state index in [1.165, 1.54) is 0 Å². The van der Waals surface area contributed by atoms with Gasteiger partial charge in [-0.3, -0.25) is 0 Å². The zero-order valence-corrected chi connectivity index (χ0v) is 13.1. The highest BCUT2D eigenvalue weighted by Crippen LogP contribution is 2.41. The quantitative estimate of drug-likeness (QED) is 0.508. The van der Waals surface area contributed by atoms with E-state index >= 15 is 0 Å². The molecule has 21 heavy (non-hydrogen) atoms. The third kappa shape index (κ3) is 2.67. The van der Waals surface area contributed by atoms with Crippen LogP contribution in [0, 0.1) is 5.41 Å². The van der Waals surface area contributed by atoms with Crippen molar-refractivity contribution in [3.05, 3.63) is 23.3 Å². The smallest absolute Gasteiger partial charge is 0.334 e. The summed E-state index contributed by atoms with van der Waals surface area (Å²) in [6, 6.07) is 0. The van der Waals surface area contributed by atoms with Crippen molar-refractivity contribution in [3.8, 4) is 0 Å². The lowest BCUT2D eigenvalue weighted by Gasteiger charge is -2.35. The number of fused-ring (bicyclic) bond motifs is 1. The van der Waals surface area contributed by atoms with Crippen LogP contribution in [0.1, 0.15) is 46.5 Å². The van der Waals surface area contributed by atoms with Crippen LogP contribution in [-0.2, 0) is 19.0 Å². The lowest BCUT2D eigenvalue weighted by atomic mass is 9.80. The van der Waals surface area contributed by atoms with Gasteiger partial charge in [0.05, 0.1) is 13.2 Å². The van der Waals surface area contributed by atoms with Gasteiger partial charge in [0.1, 0.15) is 6.10 Å². The number of ether oxygens (including phenoxy) is 3. The van der Waals surface area contributed by atoms with Gasteiger partial charge in [0.15, 0.2) is 5.79 Å². The van der Waals surface area contributed by atoms with Crippen LogP contribution in [0.2, 0.25) is 0 Å². The standard InChI is InChI=1S/C17H24O4/c1-12-5-4-6-13-11-14(21-15(13)18)16(2,3)7-8-17(12)19-9-10-20-17/h5,11,14H,4,6-10H2,1-3H3/b12-5+/t14-/m0/s1. The highest BCUT2D eigenvalue weighted by atomic mass is 16.7. The van der Waals surface area contributed by atoms with Gasteiger partial charge in [-0.05, 0) is 37.8 Å². The normalized spacial score (nSPS) is 33.9. The van der Waals surface area contributed by atoms with Crippen LogP contribution in [0.5, 0.6) is 0 Å². The van der Waals surface area contributed by atoms with Gasteiger partial charge in [-0.25, -0.2) is 4.79 Å². The first kappa shape index (κ1) is 14.8. The summed E-state index contributed by atoms with van der Waals surface area (Å²) >= 11 is 0. The van der Waals surface area contributed by atoms with E-state index in [1.54, 1.807) is 0 Å². The summed E-state index contributed by atoms with van der Waals surface area (Å²) in [6.07, 6.45) is 7.22. The molecule has 1 saturated heterocycles. The van der Waals surface area contributed by atoms with Gasteiger partial charge in [0.25, 0.3) is 0 Å². The van der Waals surface area contributed by atoms with Crippen molar-refractivity contribution in [1.82, 2.24) is 0 Å². The van der Waals surface area contributed by atoms with Gasteiger partial charge in [-0.2, -0.15) is 0 Å². The molecule has 0 aromatic carbocycles. The molecule has 2 bridgehead atoms. The summed E-state index contributed by atoms with van der Waals surface area (Å²) < 4.78 is 17.4. The van der Waals surface area contributed by atoms with Gasteiger partial charge in [0, 0.05) is 17.4 Å². The zero-order chi connectivity index (χ0) is 15.1. The van der Waals surface area contributed by atoms with E-state index in [4.69, 9.17) is 14.2 Å². The Kier molecular flexibility index (Phi) is 3.70. The molecule has 1 fully saturated rings. The molecule has 0 amide bonds. The number of hydrogen-bond acceptors (Lipinski definition) is 4. The van der Waals surface area contributed by atoms with E-state index in [0.29, 0.717) is 13.2 Å². The molecule has 4 heteroatoms. The van der Waals surface area contributed by atoms with Crippen molar-refractivity contribution in [2.24, 2.45) is 5.41 Å². The second-order valence-electron chi connectivity index (χ2n) is 6.88. The highest BCUT2D eigenvalue weighted by molar-refractivity contribution is 5.91. The maximum absolute atomic E-state index is 11.9. The molecule has 116 valence electrons. The summed E-state index contributed by atoms with van der Waals surface area (Å²) in [7, 11) is 0. The summed E-state index contributed by atoms with van der Waals surface area (Å²) in [4.78, 5) is 11.9. The molecule has 1 spiro atoms. The highest BCUT2D eigenvalue weighted by Gasteiger charge is 2.43. The minimum Gasteiger partial charge on any atom is -0.454 e. The Bertz CT molecular complexity index is 495.